The average molecular weight is 906 g/mol. The Hall–Kier alpha value is -7.76. The topological polar surface area (TPSA) is 118 Å². The molecule has 0 spiro atoms. The molecular weight excluding hydrogens is 865 g/mol. The van der Waals surface area contributed by atoms with Crippen molar-refractivity contribution in [3.8, 4) is 36.4 Å². The summed E-state index contributed by atoms with van der Waals surface area (Å²) in [6, 6.07) is 19.2. The van der Waals surface area contributed by atoms with E-state index in [1.807, 2.05) is 11.9 Å². The Kier molecular flexibility index (Phi) is 12.0. The molecule has 4 aromatic carbocycles. The molecule has 17 heteroatoms. The van der Waals surface area contributed by atoms with Gasteiger partial charge < -0.3 is 34.9 Å². The maximum Gasteiger partial charge on any atom is 0.416 e. The molecule has 66 heavy (non-hydrogen) atoms. The first-order valence-electron chi connectivity index (χ1n) is 20.7. The molecule has 2 aliphatic heterocycles. The Morgan fingerprint density at radius 3 is 1.35 bits per heavy atom. The van der Waals surface area contributed by atoms with Gasteiger partial charge in [0.1, 0.15) is 0 Å². The number of nitrogens with zero attached hydrogens (tertiary/aromatic N) is 5. The largest absolute Gasteiger partial charge is 0.494 e. The monoisotopic (exact) mass is 905 g/mol. The molecule has 4 N–H and O–H groups in total. The van der Waals surface area contributed by atoms with Crippen LogP contribution in [0.1, 0.15) is 69.4 Å². The van der Waals surface area contributed by atoms with E-state index in [4.69, 9.17) is 12.8 Å². The number of benzene rings is 4. The summed E-state index contributed by atoms with van der Waals surface area (Å²) in [6.07, 6.45) is 5.82. The highest BCUT2D eigenvalue weighted by Crippen LogP contribution is 2.48. The highest BCUT2D eigenvalue weighted by atomic mass is 19.4. The van der Waals surface area contributed by atoms with Crippen molar-refractivity contribution in [3.05, 3.63) is 154 Å². The second kappa shape index (κ2) is 17.7. The van der Waals surface area contributed by atoms with Gasteiger partial charge in [-0.25, -0.2) is 9.59 Å². The summed E-state index contributed by atoms with van der Waals surface area (Å²) in [7, 11) is 1.88. The smallest absolute Gasteiger partial charge is 0.416 e. The molecule has 0 unspecified atom stereocenters. The zero-order valence-electron chi connectivity index (χ0n) is 35.2. The summed E-state index contributed by atoms with van der Waals surface area (Å²) in [4.78, 5) is 31.6. The number of terminal acetylenes is 2. The number of alkyl halides is 6. The molecule has 2 atom stereocenters. The molecule has 338 valence electrons. The number of amides is 4. The molecule has 0 saturated carbocycles. The number of aromatic hydroxyl groups is 2. The van der Waals surface area contributed by atoms with Gasteiger partial charge in [0, 0.05) is 36.6 Å². The lowest BCUT2D eigenvalue weighted by molar-refractivity contribution is -0.138. The molecule has 2 aromatic heterocycles. The van der Waals surface area contributed by atoms with E-state index in [1.54, 1.807) is 70.1 Å². The molecule has 4 amide bonds. The first kappa shape index (κ1) is 44.8. The maximum absolute atomic E-state index is 13.8. The summed E-state index contributed by atoms with van der Waals surface area (Å²) >= 11 is 0. The van der Waals surface area contributed by atoms with Crippen LogP contribution in [0.15, 0.2) is 109 Å². The Morgan fingerprint density at radius 2 is 1.00 bits per heavy atom. The number of anilines is 4. The SMILES string of the molecule is C#Cc1ccc([C@H]2NC(=O)N(c3cccc(C(F)(F)F)c3)c3cn(CCCN(C)CCCn4cc5c(c4O)[C@@H](c4ccc(C#C)cc4)NC(=O)N5c4cccc(C(F)(F)F)c4)c(O)c32)cc1. The number of nitrogens with one attached hydrogen (secondary N) is 2. The first-order valence-corrected chi connectivity index (χ1v) is 20.7. The van der Waals surface area contributed by atoms with Crippen LogP contribution in [-0.2, 0) is 25.4 Å². The number of hydrogen-bond donors (Lipinski definition) is 4. The van der Waals surface area contributed by atoms with Gasteiger partial charge >= 0.3 is 24.4 Å². The van der Waals surface area contributed by atoms with Crippen LogP contribution in [0, 0.1) is 24.7 Å². The minimum absolute atomic E-state index is 0.0448. The highest BCUT2D eigenvalue weighted by molar-refractivity contribution is 6.04. The van der Waals surface area contributed by atoms with Gasteiger partial charge in [-0.15, -0.1) is 12.8 Å². The number of carbonyl (C=O) groups excluding carboxylic acids is 2. The second-order valence-electron chi connectivity index (χ2n) is 16.0. The van der Waals surface area contributed by atoms with Gasteiger partial charge in [0.15, 0.2) is 11.8 Å². The molecule has 0 fully saturated rings. The van der Waals surface area contributed by atoms with E-state index in [0.717, 1.165) is 34.1 Å². The number of rotatable bonds is 12. The summed E-state index contributed by atoms with van der Waals surface area (Å²) in [5.74, 6) is 4.70. The number of aryl methyl sites for hydroxylation is 2. The number of halogens is 6. The number of carbonyl (C=O) groups is 2. The van der Waals surface area contributed by atoms with E-state index < -0.39 is 47.6 Å². The van der Waals surface area contributed by atoms with Crippen molar-refractivity contribution in [1.82, 2.24) is 24.7 Å². The maximum atomic E-state index is 13.8. The Labute approximate surface area is 375 Å². The van der Waals surface area contributed by atoms with Gasteiger partial charge in [0.2, 0.25) is 0 Å². The van der Waals surface area contributed by atoms with Crippen molar-refractivity contribution in [3.63, 3.8) is 0 Å². The van der Waals surface area contributed by atoms with Gasteiger partial charge in [0.05, 0.1) is 57.1 Å². The van der Waals surface area contributed by atoms with Crippen molar-refractivity contribution in [2.75, 3.05) is 29.9 Å². The molecule has 11 nitrogen and oxygen atoms in total. The van der Waals surface area contributed by atoms with E-state index in [-0.39, 0.29) is 47.6 Å². The van der Waals surface area contributed by atoms with E-state index in [0.29, 0.717) is 59.3 Å². The van der Waals surface area contributed by atoms with Gasteiger partial charge in [-0.3, -0.25) is 9.80 Å². The van der Waals surface area contributed by atoms with Crippen LogP contribution in [0.4, 0.5) is 58.7 Å². The lowest BCUT2D eigenvalue weighted by Crippen LogP contribution is -2.44. The van der Waals surface area contributed by atoms with Crippen molar-refractivity contribution >= 4 is 34.8 Å². The van der Waals surface area contributed by atoms with Crippen LogP contribution in [0.2, 0.25) is 0 Å². The van der Waals surface area contributed by atoms with Crippen molar-refractivity contribution in [1.29, 1.82) is 0 Å². The fourth-order valence-corrected chi connectivity index (χ4v) is 8.42. The Bertz CT molecular complexity index is 2690. The quantitative estimate of drug-likeness (QED) is 0.0721. The van der Waals surface area contributed by atoms with Gasteiger partial charge in [-0.05, 0) is 105 Å². The van der Waals surface area contributed by atoms with Gasteiger partial charge in [-0.2, -0.15) is 26.3 Å². The zero-order valence-corrected chi connectivity index (χ0v) is 35.2. The van der Waals surface area contributed by atoms with E-state index in [2.05, 4.69) is 22.5 Å². The van der Waals surface area contributed by atoms with E-state index >= 15 is 0 Å². The van der Waals surface area contributed by atoms with Gasteiger partial charge in [-0.1, -0.05) is 48.2 Å². The van der Waals surface area contributed by atoms with Crippen molar-refractivity contribution in [2.45, 2.75) is 50.4 Å². The van der Waals surface area contributed by atoms with E-state index in [9.17, 15) is 46.1 Å². The van der Waals surface area contributed by atoms with Crippen LogP contribution in [0.25, 0.3) is 0 Å². The molecule has 0 saturated heterocycles. The molecule has 0 aliphatic carbocycles. The number of hydrogen-bond acceptors (Lipinski definition) is 5. The lowest BCUT2D eigenvalue weighted by atomic mass is 9.96. The number of urea groups is 2. The van der Waals surface area contributed by atoms with Crippen LogP contribution in [0.5, 0.6) is 11.8 Å². The minimum atomic E-state index is -4.66. The van der Waals surface area contributed by atoms with Crippen LogP contribution in [-0.4, -0.2) is 56.4 Å². The average Bonchev–Trinajstić information content (AvgIpc) is 3.79. The Morgan fingerprint density at radius 1 is 0.621 bits per heavy atom. The predicted octanol–water partition coefficient (Wildman–Crippen LogP) is 10.0. The minimum Gasteiger partial charge on any atom is -0.494 e. The number of fused-ring (bicyclic) bond motifs is 2. The molecule has 6 aromatic rings. The van der Waals surface area contributed by atoms with Crippen molar-refractivity contribution < 1.29 is 46.1 Å². The summed E-state index contributed by atoms with van der Waals surface area (Å²) in [5, 5.41) is 29.0. The molecule has 0 radical (unpaired) electrons. The molecular formula is C49H41F6N7O4. The second-order valence-corrected chi connectivity index (χ2v) is 16.0. The molecule has 8 rings (SSSR count). The van der Waals surface area contributed by atoms with E-state index in [1.165, 1.54) is 24.3 Å². The third-order valence-corrected chi connectivity index (χ3v) is 11.7. The van der Waals surface area contributed by atoms with Crippen LogP contribution in [0.3, 0.4) is 0 Å². The summed E-state index contributed by atoms with van der Waals surface area (Å²) in [5.41, 5.74) is 1.38. The summed E-state index contributed by atoms with van der Waals surface area (Å²) < 4.78 is 85.6. The van der Waals surface area contributed by atoms with Crippen molar-refractivity contribution in [2.24, 2.45) is 0 Å². The Balaban J connectivity index is 0.996. The molecule has 2 aliphatic rings. The zero-order chi connectivity index (χ0) is 47.1. The lowest BCUT2D eigenvalue weighted by Gasteiger charge is -2.33. The standard InChI is InChI=1S/C49H41F6N7O4/c1-4-30-14-18-32(19-15-30)42-40-38(61(46(65)56-42)36-12-6-10-34(26-36)48(50,51)52)28-59(44(40)63)24-8-22-58(3)23-9-25-60-29-39-41(45(60)64)43(33-20-16-31(5-2)17-21-33)57-47(66)62(39)37-13-7-11-35(27-37)49(53,54)55/h1-2,6-7,10-21,26-29,42-43,63-64H,8-9,22-25H2,3H3,(H,56,65)(H,57,66)/t42-,43-/m1/s1. The molecule has 4 heterocycles. The number of aromatic nitrogens is 2. The predicted molar refractivity (Wildman–Crippen MR) is 236 cm³/mol. The summed E-state index contributed by atoms with van der Waals surface area (Å²) in [6.45, 7) is 1.55. The van der Waals surface area contributed by atoms with Crippen LogP contribution >= 0.6 is 0 Å². The third-order valence-electron chi connectivity index (χ3n) is 11.7. The molecule has 0 bridgehead atoms. The van der Waals surface area contributed by atoms with Crippen LogP contribution < -0.4 is 20.4 Å². The normalized spacial score (nSPS) is 16.0. The first-order chi connectivity index (χ1) is 31.5. The fourth-order valence-electron chi connectivity index (χ4n) is 8.42. The third kappa shape index (κ3) is 8.73. The highest BCUT2D eigenvalue weighted by Gasteiger charge is 2.41. The van der Waals surface area contributed by atoms with Gasteiger partial charge in [0.25, 0.3) is 0 Å². The fraction of sp³-hybridized carbons (Fsp3) is 0.224.